The summed E-state index contributed by atoms with van der Waals surface area (Å²) in [4.78, 5) is 10.9. The van der Waals surface area contributed by atoms with E-state index in [4.69, 9.17) is 0 Å². The Hall–Kier alpha value is -0.620. The van der Waals surface area contributed by atoms with Gasteiger partial charge in [-0.3, -0.25) is 4.79 Å². The number of ether oxygens (including phenoxy) is 1. The molecule has 1 saturated carbocycles. The maximum absolute atomic E-state index is 11.9. The summed E-state index contributed by atoms with van der Waals surface area (Å²) in [6.07, 6.45) is 3.43. The van der Waals surface area contributed by atoms with E-state index in [1.165, 1.54) is 13.5 Å². The average Bonchev–Trinajstić information content (AvgIpc) is 2.26. The molecule has 1 N–H and O–H groups in total. The van der Waals surface area contributed by atoms with E-state index < -0.39 is 10.0 Å². The van der Waals surface area contributed by atoms with Gasteiger partial charge >= 0.3 is 5.97 Å². The quantitative estimate of drug-likeness (QED) is 0.756. The molecule has 1 aliphatic rings. The lowest BCUT2D eigenvalue weighted by atomic mass is 9.81. The summed E-state index contributed by atoms with van der Waals surface area (Å²) < 4.78 is 31.1. The average molecular weight is 291 g/mol. The smallest absolute Gasteiger partial charge is 0.305 e. The summed E-state index contributed by atoms with van der Waals surface area (Å²) in [7, 11) is -1.98. The summed E-state index contributed by atoms with van der Waals surface area (Å²) in [5.74, 6) is 0.745. The first-order valence-corrected chi connectivity index (χ1v) is 8.54. The molecule has 1 rings (SSSR count). The molecule has 0 amide bonds. The molecule has 0 spiro atoms. The number of methoxy groups -OCH3 is 1. The van der Waals surface area contributed by atoms with Crippen LogP contribution in [0.4, 0.5) is 0 Å². The predicted molar refractivity (Wildman–Crippen MR) is 74.1 cm³/mol. The highest BCUT2D eigenvalue weighted by molar-refractivity contribution is 7.89. The monoisotopic (exact) mass is 291 g/mol. The zero-order valence-electron chi connectivity index (χ0n) is 12.0. The number of rotatable bonds is 6. The molecular weight excluding hydrogens is 266 g/mol. The fraction of sp³-hybridized carbons (Fsp3) is 0.923. The molecule has 1 aliphatic carbocycles. The van der Waals surface area contributed by atoms with Gasteiger partial charge in [0.2, 0.25) is 10.0 Å². The molecule has 2 atom stereocenters. The van der Waals surface area contributed by atoms with Crippen molar-refractivity contribution >= 4 is 16.0 Å². The van der Waals surface area contributed by atoms with Gasteiger partial charge in [-0.05, 0) is 37.5 Å². The Morgan fingerprint density at radius 2 is 1.79 bits per heavy atom. The molecule has 0 heterocycles. The molecule has 0 radical (unpaired) electrons. The molecule has 0 saturated heterocycles. The number of hydrogen-bond donors (Lipinski definition) is 1. The number of esters is 1. The van der Waals surface area contributed by atoms with Gasteiger partial charge in [0.05, 0.1) is 12.9 Å². The zero-order chi connectivity index (χ0) is 14.5. The third-order valence-electron chi connectivity index (χ3n) is 3.55. The van der Waals surface area contributed by atoms with Gasteiger partial charge in [-0.25, -0.2) is 13.1 Å². The molecule has 0 bridgehead atoms. The van der Waals surface area contributed by atoms with Crippen LogP contribution in [-0.4, -0.2) is 33.3 Å². The number of hydrogen-bond acceptors (Lipinski definition) is 4. The van der Waals surface area contributed by atoms with Crippen molar-refractivity contribution in [2.24, 2.45) is 11.8 Å². The van der Waals surface area contributed by atoms with E-state index in [1.807, 2.05) is 0 Å². The van der Waals surface area contributed by atoms with Crippen molar-refractivity contribution in [3.05, 3.63) is 0 Å². The van der Waals surface area contributed by atoms with E-state index in [2.05, 4.69) is 23.3 Å². The summed E-state index contributed by atoms with van der Waals surface area (Å²) in [6.45, 7) is 4.32. The summed E-state index contributed by atoms with van der Waals surface area (Å²) in [5, 5.41) is 0. The molecular formula is C13H25NO4S. The Labute approximate surface area is 116 Å². The molecule has 0 aromatic rings. The van der Waals surface area contributed by atoms with Gasteiger partial charge in [-0.1, -0.05) is 13.8 Å². The highest BCUT2D eigenvalue weighted by atomic mass is 32.2. The fourth-order valence-corrected chi connectivity index (χ4v) is 4.21. The van der Waals surface area contributed by atoms with Crippen molar-refractivity contribution in [2.75, 3.05) is 12.9 Å². The van der Waals surface area contributed by atoms with Gasteiger partial charge in [0.15, 0.2) is 0 Å². The van der Waals surface area contributed by atoms with E-state index in [1.54, 1.807) is 0 Å². The van der Waals surface area contributed by atoms with Crippen molar-refractivity contribution in [1.82, 2.24) is 4.72 Å². The largest absolute Gasteiger partial charge is 0.469 e. The first kappa shape index (κ1) is 16.4. The van der Waals surface area contributed by atoms with Gasteiger partial charge in [-0.15, -0.1) is 0 Å². The third-order valence-corrected chi connectivity index (χ3v) is 5.06. The standard InChI is InChI=1S/C13H25NO4S/c1-10-7-11(2)9-12(8-10)14-19(16,17)6-4-5-13(15)18-3/h10-12,14H,4-9H2,1-3H3. The maximum atomic E-state index is 11.9. The van der Waals surface area contributed by atoms with E-state index in [9.17, 15) is 13.2 Å². The lowest BCUT2D eigenvalue weighted by Gasteiger charge is -2.31. The van der Waals surface area contributed by atoms with Crippen molar-refractivity contribution in [3.8, 4) is 0 Å². The second-order valence-electron chi connectivity index (χ2n) is 5.73. The van der Waals surface area contributed by atoms with Crippen molar-refractivity contribution in [2.45, 2.75) is 52.0 Å². The topological polar surface area (TPSA) is 72.5 Å². The molecule has 19 heavy (non-hydrogen) atoms. The highest BCUT2D eigenvalue weighted by Crippen LogP contribution is 2.28. The van der Waals surface area contributed by atoms with Gasteiger partial charge in [-0.2, -0.15) is 0 Å². The summed E-state index contributed by atoms with van der Waals surface area (Å²) in [6, 6.07) is 0.0434. The second kappa shape index (κ2) is 7.24. The molecule has 112 valence electrons. The van der Waals surface area contributed by atoms with E-state index in [0.717, 1.165) is 12.8 Å². The molecule has 0 aromatic heterocycles. The molecule has 5 nitrogen and oxygen atoms in total. The van der Waals surface area contributed by atoms with E-state index in [-0.39, 0.29) is 24.2 Å². The number of carbonyl (C=O) groups excluding carboxylic acids is 1. The molecule has 6 heteroatoms. The molecule has 0 aromatic carbocycles. The van der Waals surface area contributed by atoms with Crippen LogP contribution in [0.2, 0.25) is 0 Å². The minimum atomic E-state index is -3.29. The number of sulfonamides is 1. The van der Waals surface area contributed by atoms with Crippen LogP contribution in [-0.2, 0) is 19.6 Å². The van der Waals surface area contributed by atoms with Crippen LogP contribution in [0, 0.1) is 11.8 Å². The molecule has 1 fully saturated rings. The Bertz CT molecular complexity index is 383. The Morgan fingerprint density at radius 1 is 1.21 bits per heavy atom. The van der Waals surface area contributed by atoms with Gasteiger partial charge < -0.3 is 4.74 Å². The Balaban J connectivity index is 2.39. The summed E-state index contributed by atoms with van der Waals surface area (Å²) in [5.41, 5.74) is 0. The minimum absolute atomic E-state index is 0.0125. The van der Waals surface area contributed by atoms with Crippen LogP contribution in [0.5, 0.6) is 0 Å². The normalized spacial score (nSPS) is 28.1. The van der Waals surface area contributed by atoms with Gasteiger partial charge in [0, 0.05) is 12.5 Å². The van der Waals surface area contributed by atoms with Crippen LogP contribution < -0.4 is 4.72 Å². The molecule has 0 aliphatic heterocycles. The van der Waals surface area contributed by atoms with E-state index >= 15 is 0 Å². The fourth-order valence-electron chi connectivity index (χ4n) is 2.86. The van der Waals surface area contributed by atoms with Gasteiger partial charge in [0.25, 0.3) is 0 Å². The maximum Gasteiger partial charge on any atom is 0.305 e. The lowest BCUT2D eigenvalue weighted by molar-refractivity contribution is -0.140. The predicted octanol–water partition coefficient (Wildman–Crippen LogP) is 1.68. The first-order chi connectivity index (χ1) is 8.82. The van der Waals surface area contributed by atoms with Gasteiger partial charge in [0.1, 0.15) is 0 Å². The Kier molecular flexibility index (Phi) is 6.26. The van der Waals surface area contributed by atoms with Crippen molar-refractivity contribution < 1.29 is 17.9 Å². The zero-order valence-corrected chi connectivity index (χ0v) is 12.8. The molecule has 2 unspecified atom stereocenters. The number of carbonyl (C=O) groups is 1. The highest BCUT2D eigenvalue weighted by Gasteiger charge is 2.27. The third kappa shape index (κ3) is 6.38. The minimum Gasteiger partial charge on any atom is -0.469 e. The van der Waals surface area contributed by atoms with Crippen molar-refractivity contribution in [3.63, 3.8) is 0 Å². The van der Waals surface area contributed by atoms with Crippen LogP contribution in [0.15, 0.2) is 0 Å². The van der Waals surface area contributed by atoms with Crippen LogP contribution in [0.3, 0.4) is 0 Å². The van der Waals surface area contributed by atoms with Crippen LogP contribution in [0.25, 0.3) is 0 Å². The Morgan fingerprint density at radius 3 is 2.32 bits per heavy atom. The summed E-state index contributed by atoms with van der Waals surface area (Å²) >= 11 is 0. The second-order valence-corrected chi connectivity index (χ2v) is 7.60. The van der Waals surface area contributed by atoms with Crippen LogP contribution in [0.1, 0.15) is 46.0 Å². The SMILES string of the molecule is COC(=O)CCCS(=O)(=O)NC1CC(C)CC(C)C1. The van der Waals surface area contributed by atoms with E-state index in [0.29, 0.717) is 18.3 Å². The van der Waals surface area contributed by atoms with Crippen molar-refractivity contribution in [1.29, 1.82) is 0 Å². The first-order valence-electron chi connectivity index (χ1n) is 6.89. The number of nitrogens with one attached hydrogen (secondary N) is 1. The lowest BCUT2D eigenvalue weighted by Crippen LogP contribution is -2.41. The van der Waals surface area contributed by atoms with Crippen LogP contribution >= 0.6 is 0 Å².